The van der Waals surface area contributed by atoms with Crippen molar-refractivity contribution in [3.8, 4) is 0 Å². The van der Waals surface area contributed by atoms with Crippen molar-refractivity contribution in [3.05, 3.63) is 17.0 Å². The van der Waals surface area contributed by atoms with Gasteiger partial charge in [-0.15, -0.1) is 0 Å². The Kier molecular flexibility index (Phi) is 2.74. The van der Waals surface area contributed by atoms with Gasteiger partial charge in [-0.3, -0.25) is 9.58 Å². The second kappa shape index (κ2) is 4.28. The number of nitrogens with zero attached hydrogens (tertiary/aromatic N) is 3. The van der Waals surface area contributed by atoms with E-state index in [4.69, 9.17) is 5.73 Å². The highest BCUT2D eigenvalue weighted by molar-refractivity contribution is 5.73. The van der Waals surface area contributed by atoms with Crippen LogP contribution in [0.15, 0.2) is 0 Å². The summed E-state index contributed by atoms with van der Waals surface area (Å²) in [5.41, 5.74) is 8.12. The van der Waals surface area contributed by atoms with Crippen molar-refractivity contribution in [1.82, 2.24) is 14.7 Å². The summed E-state index contributed by atoms with van der Waals surface area (Å²) >= 11 is 0. The van der Waals surface area contributed by atoms with E-state index in [-0.39, 0.29) is 0 Å². The highest BCUT2D eigenvalue weighted by atomic mass is 16.3. The van der Waals surface area contributed by atoms with Crippen molar-refractivity contribution in [3.63, 3.8) is 0 Å². The lowest BCUT2D eigenvalue weighted by atomic mass is 10.0. The van der Waals surface area contributed by atoms with Crippen LogP contribution in [0.2, 0.25) is 0 Å². The van der Waals surface area contributed by atoms with Crippen molar-refractivity contribution in [2.75, 3.05) is 6.54 Å². The van der Waals surface area contributed by atoms with E-state index in [2.05, 4.69) is 5.10 Å². The highest BCUT2D eigenvalue weighted by Gasteiger charge is 2.33. The third kappa shape index (κ3) is 1.68. The quantitative estimate of drug-likeness (QED) is 0.704. The number of carbonyl (C=O) groups is 1. The number of amides is 2. The molecule has 98 valence electrons. The summed E-state index contributed by atoms with van der Waals surface area (Å²) in [5.74, 6) is 0. The van der Waals surface area contributed by atoms with Crippen LogP contribution in [-0.2, 0) is 19.4 Å². The van der Waals surface area contributed by atoms with Crippen LogP contribution in [0.5, 0.6) is 0 Å². The van der Waals surface area contributed by atoms with Crippen LogP contribution in [0.25, 0.3) is 0 Å². The van der Waals surface area contributed by atoms with Crippen molar-refractivity contribution in [2.45, 2.75) is 44.9 Å². The Morgan fingerprint density at radius 3 is 2.89 bits per heavy atom. The standard InChI is InChI=1S/C12H18N4O2/c13-12(18)15-7-5-8-10(11(15)17)9-4-2-1-3-6-16(9)14-8/h11,17H,1-7H2,(H2,13,18). The van der Waals surface area contributed by atoms with E-state index in [1.807, 2.05) is 4.68 Å². The number of aryl methyl sites for hydroxylation is 1. The molecule has 2 amide bonds. The Bertz CT molecular complexity index is 483. The first-order valence-corrected chi connectivity index (χ1v) is 6.51. The molecule has 1 atom stereocenters. The molecule has 18 heavy (non-hydrogen) atoms. The largest absolute Gasteiger partial charge is 0.369 e. The number of urea groups is 1. The zero-order valence-electron chi connectivity index (χ0n) is 10.3. The van der Waals surface area contributed by atoms with Gasteiger partial charge in [0, 0.05) is 30.8 Å². The minimum atomic E-state index is -0.923. The van der Waals surface area contributed by atoms with Gasteiger partial charge in [-0.2, -0.15) is 5.10 Å². The lowest BCUT2D eigenvalue weighted by molar-refractivity contribution is 0.0243. The van der Waals surface area contributed by atoms with E-state index in [0.29, 0.717) is 13.0 Å². The van der Waals surface area contributed by atoms with E-state index < -0.39 is 12.3 Å². The van der Waals surface area contributed by atoms with Crippen LogP contribution in [0.4, 0.5) is 4.79 Å². The summed E-state index contributed by atoms with van der Waals surface area (Å²) in [4.78, 5) is 12.6. The van der Waals surface area contributed by atoms with Crippen LogP contribution in [0.1, 0.15) is 42.4 Å². The summed E-state index contributed by atoms with van der Waals surface area (Å²) in [6.45, 7) is 1.35. The number of primary amides is 1. The fraction of sp³-hybridized carbons (Fsp3) is 0.667. The van der Waals surface area contributed by atoms with Crippen LogP contribution < -0.4 is 5.73 Å². The summed E-state index contributed by atoms with van der Waals surface area (Å²) in [6, 6.07) is -0.568. The molecule has 0 saturated carbocycles. The molecule has 2 aliphatic heterocycles. The molecule has 0 radical (unpaired) electrons. The van der Waals surface area contributed by atoms with Gasteiger partial charge in [0.15, 0.2) is 6.23 Å². The number of hydrogen-bond donors (Lipinski definition) is 2. The number of fused-ring (bicyclic) bond motifs is 3. The Morgan fingerprint density at radius 1 is 1.28 bits per heavy atom. The summed E-state index contributed by atoms with van der Waals surface area (Å²) in [6.07, 6.45) is 4.10. The smallest absolute Gasteiger partial charge is 0.317 e. The fourth-order valence-corrected chi connectivity index (χ4v) is 2.96. The minimum absolute atomic E-state index is 0.444. The van der Waals surface area contributed by atoms with Crippen LogP contribution in [0, 0.1) is 0 Å². The molecule has 1 unspecified atom stereocenters. The molecule has 3 N–H and O–H groups in total. The predicted molar refractivity (Wildman–Crippen MR) is 64.7 cm³/mol. The Balaban J connectivity index is 2.02. The zero-order valence-corrected chi connectivity index (χ0v) is 10.3. The molecule has 6 nitrogen and oxygen atoms in total. The fourth-order valence-electron chi connectivity index (χ4n) is 2.96. The number of aromatic nitrogens is 2. The first-order valence-electron chi connectivity index (χ1n) is 6.51. The van der Waals surface area contributed by atoms with E-state index in [9.17, 15) is 9.90 Å². The average Bonchev–Trinajstić information content (AvgIpc) is 2.52. The molecule has 0 fully saturated rings. The van der Waals surface area contributed by atoms with Crippen LogP contribution in [0.3, 0.4) is 0 Å². The molecule has 3 heterocycles. The number of nitrogens with two attached hydrogens (primary N) is 1. The molecular formula is C12H18N4O2. The predicted octanol–water partition coefficient (Wildman–Crippen LogP) is 0.537. The molecule has 1 aromatic rings. The van der Waals surface area contributed by atoms with Crippen molar-refractivity contribution in [1.29, 1.82) is 0 Å². The molecule has 0 bridgehead atoms. The van der Waals surface area contributed by atoms with Gasteiger partial charge < -0.3 is 10.8 Å². The third-order valence-electron chi connectivity index (χ3n) is 3.88. The molecular weight excluding hydrogens is 232 g/mol. The number of aliphatic hydroxyl groups excluding tert-OH is 1. The highest BCUT2D eigenvalue weighted by Crippen LogP contribution is 2.32. The molecule has 6 heteroatoms. The van der Waals surface area contributed by atoms with E-state index in [0.717, 1.165) is 42.8 Å². The first kappa shape index (κ1) is 11.5. The van der Waals surface area contributed by atoms with Crippen LogP contribution in [-0.4, -0.2) is 32.4 Å². The minimum Gasteiger partial charge on any atom is -0.369 e. The van der Waals surface area contributed by atoms with Gasteiger partial charge in [0.05, 0.1) is 5.69 Å². The Morgan fingerprint density at radius 2 is 2.11 bits per heavy atom. The van der Waals surface area contributed by atoms with E-state index >= 15 is 0 Å². The lowest BCUT2D eigenvalue weighted by Gasteiger charge is -2.30. The molecule has 0 spiro atoms. The number of rotatable bonds is 0. The number of aliphatic hydroxyl groups is 1. The molecule has 0 saturated heterocycles. The first-order chi connectivity index (χ1) is 8.68. The zero-order chi connectivity index (χ0) is 12.7. The van der Waals surface area contributed by atoms with Gasteiger partial charge in [-0.1, -0.05) is 6.42 Å². The third-order valence-corrected chi connectivity index (χ3v) is 3.88. The number of hydrogen-bond acceptors (Lipinski definition) is 3. The van der Waals surface area contributed by atoms with E-state index in [1.165, 1.54) is 11.3 Å². The topological polar surface area (TPSA) is 84.4 Å². The maximum atomic E-state index is 11.3. The summed E-state index contributed by atoms with van der Waals surface area (Å²) in [7, 11) is 0. The van der Waals surface area contributed by atoms with Gasteiger partial charge in [-0.05, 0) is 19.3 Å². The Hall–Kier alpha value is -1.56. The maximum Gasteiger partial charge on any atom is 0.317 e. The van der Waals surface area contributed by atoms with E-state index in [1.54, 1.807) is 0 Å². The SMILES string of the molecule is NC(=O)N1CCc2nn3c(c2C1O)CCCCC3. The van der Waals surface area contributed by atoms with Gasteiger partial charge in [-0.25, -0.2) is 4.79 Å². The monoisotopic (exact) mass is 250 g/mol. The molecule has 2 aliphatic rings. The second-order valence-corrected chi connectivity index (χ2v) is 5.00. The van der Waals surface area contributed by atoms with Gasteiger partial charge in [0.1, 0.15) is 0 Å². The maximum absolute atomic E-state index is 11.3. The van der Waals surface area contributed by atoms with Crippen molar-refractivity contribution in [2.24, 2.45) is 5.73 Å². The average molecular weight is 250 g/mol. The summed E-state index contributed by atoms with van der Waals surface area (Å²) in [5, 5.41) is 14.9. The number of carbonyl (C=O) groups excluding carboxylic acids is 1. The molecule has 1 aromatic heterocycles. The van der Waals surface area contributed by atoms with Gasteiger partial charge in [0.2, 0.25) is 0 Å². The molecule has 3 rings (SSSR count). The molecule has 0 aromatic carbocycles. The van der Waals surface area contributed by atoms with Crippen molar-refractivity contribution >= 4 is 6.03 Å². The molecule has 0 aliphatic carbocycles. The lowest BCUT2D eigenvalue weighted by Crippen LogP contribution is -2.43. The normalized spacial score (nSPS) is 23.2. The summed E-state index contributed by atoms with van der Waals surface area (Å²) < 4.78 is 2.01. The van der Waals surface area contributed by atoms with Crippen molar-refractivity contribution < 1.29 is 9.90 Å². The van der Waals surface area contributed by atoms with Gasteiger partial charge in [0.25, 0.3) is 0 Å². The second-order valence-electron chi connectivity index (χ2n) is 5.00. The van der Waals surface area contributed by atoms with Crippen LogP contribution >= 0.6 is 0 Å². The Labute approximate surface area is 105 Å². The van der Waals surface area contributed by atoms with Gasteiger partial charge >= 0.3 is 6.03 Å².